The molecule has 86 valence electrons. The number of nitrogens with zero attached hydrogens (tertiary/aromatic N) is 1. The highest BCUT2D eigenvalue weighted by Crippen LogP contribution is 2.18. The molecule has 16 heavy (non-hydrogen) atoms. The fraction of sp³-hybridized carbons (Fsp3) is 0.364. The third-order valence-electron chi connectivity index (χ3n) is 2.36. The molecular formula is C11H13NO3S. The lowest BCUT2D eigenvalue weighted by molar-refractivity contribution is 0.286. The van der Waals surface area contributed by atoms with Gasteiger partial charge >= 0.3 is 0 Å². The minimum Gasteiger partial charge on any atom is -0.395 e. The molecule has 1 N–H and O–H groups in total. The van der Waals surface area contributed by atoms with E-state index in [4.69, 9.17) is 10.4 Å². The molecule has 0 spiro atoms. The van der Waals surface area contributed by atoms with Gasteiger partial charge in [-0.15, -0.1) is 0 Å². The summed E-state index contributed by atoms with van der Waals surface area (Å²) in [4.78, 5) is 0.244. The average Bonchev–Trinajstić information content (AvgIpc) is 2.31. The third kappa shape index (κ3) is 2.60. The highest BCUT2D eigenvalue weighted by Gasteiger charge is 2.13. The molecule has 0 aliphatic carbocycles. The summed E-state index contributed by atoms with van der Waals surface area (Å²) in [5.74, 6) is -0.549. The van der Waals surface area contributed by atoms with E-state index in [9.17, 15) is 8.42 Å². The normalized spacial score (nSPS) is 13.1. The molecule has 5 heteroatoms. The first-order chi connectivity index (χ1) is 7.55. The maximum atomic E-state index is 11.5. The van der Waals surface area contributed by atoms with Crippen molar-refractivity contribution in [3.8, 4) is 6.07 Å². The summed E-state index contributed by atoms with van der Waals surface area (Å²) in [6.45, 7) is 1.31. The Morgan fingerprint density at radius 3 is 2.31 bits per heavy atom. The molecule has 0 amide bonds. The Labute approximate surface area is 95.1 Å². The van der Waals surface area contributed by atoms with Crippen LogP contribution in [0.2, 0.25) is 0 Å². The monoisotopic (exact) mass is 239 g/mol. The fourth-order valence-corrected chi connectivity index (χ4v) is 2.18. The Bertz CT molecular complexity index is 485. The third-order valence-corrected chi connectivity index (χ3v) is 4.11. The van der Waals surface area contributed by atoms with Gasteiger partial charge in [-0.2, -0.15) is 5.26 Å². The Kier molecular flexibility index (Phi) is 4.05. The van der Waals surface area contributed by atoms with E-state index in [1.807, 2.05) is 6.07 Å². The minimum absolute atomic E-state index is 0.0496. The van der Waals surface area contributed by atoms with Crippen molar-refractivity contribution >= 4 is 9.84 Å². The van der Waals surface area contributed by atoms with Gasteiger partial charge in [-0.1, -0.05) is 19.1 Å². The van der Waals surface area contributed by atoms with Crippen molar-refractivity contribution in [1.82, 2.24) is 0 Å². The van der Waals surface area contributed by atoms with Crippen LogP contribution in [0, 0.1) is 11.3 Å². The number of nitriles is 1. The van der Waals surface area contributed by atoms with E-state index in [0.717, 1.165) is 0 Å². The summed E-state index contributed by atoms with van der Waals surface area (Å²) < 4.78 is 23.0. The van der Waals surface area contributed by atoms with E-state index in [1.54, 1.807) is 19.1 Å². The number of benzene rings is 1. The van der Waals surface area contributed by atoms with E-state index < -0.39 is 15.8 Å². The fourth-order valence-electron chi connectivity index (χ4n) is 1.29. The van der Waals surface area contributed by atoms with Gasteiger partial charge in [0.15, 0.2) is 9.84 Å². The first-order valence-electron chi connectivity index (χ1n) is 4.88. The minimum atomic E-state index is -3.20. The quantitative estimate of drug-likeness (QED) is 0.852. The van der Waals surface area contributed by atoms with Crippen LogP contribution in [0.4, 0.5) is 0 Å². The number of aliphatic hydroxyl groups excluding tert-OH is 1. The predicted molar refractivity (Wildman–Crippen MR) is 59.6 cm³/mol. The van der Waals surface area contributed by atoms with Crippen molar-refractivity contribution in [2.24, 2.45) is 0 Å². The molecule has 0 heterocycles. The van der Waals surface area contributed by atoms with Gasteiger partial charge in [0.1, 0.15) is 0 Å². The molecule has 1 unspecified atom stereocenters. The van der Waals surface area contributed by atoms with Crippen LogP contribution in [0.15, 0.2) is 29.2 Å². The van der Waals surface area contributed by atoms with Crippen molar-refractivity contribution in [3.05, 3.63) is 29.8 Å². The summed E-state index contributed by atoms with van der Waals surface area (Å²) in [5.41, 5.74) is 0.625. The SMILES string of the molecule is CCS(=O)(=O)c1ccc(C(C#N)CO)cc1. The molecule has 0 saturated heterocycles. The molecule has 1 aromatic carbocycles. The van der Waals surface area contributed by atoms with Crippen molar-refractivity contribution in [1.29, 1.82) is 5.26 Å². The standard InChI is InChI=1S/C11H13NO3S/c1-2-16(14,15)11-5-3-9(4-6-11)10(7-12)8-13/h3-6,10,13H,2,8H2,1H3. The first-order valence-corrected chi connectivity index (χ1v) is 6.53. The lowest BCUT2D eigenvalue weighted by atomic mass is 10.0. The Morgan fingerprint density at radius 2 is 1.94 bits per heavy atom. The molecule has 0 saturated carbocycles. The molecule has 1 aromatic rings. The van der Waals surface area contributed by atoms with E-state index in [1.165, 1.54) is 12.1 Å². The molecule has 1 atom stereocenters. The number of rotatable bonds is 4. The second-order valence-electron chi connectivity index (χ2n) is 3.34. The summed E-state index contributed by atoms with van der Waals surface area (Å²) in [7, 11) is -3.20. The molecule has 0 radical (unpaired) electrons. The van der Waals surface area contributed by atoms with Crippen LogP contribution >= 0.6 is 0 Å². The van der Waals surface area contributed by atoms with Crippen LogP contribution in [-0.2, 0) is 9.84 Å². The van der Waals surface area contributed by atoms with Crippen LogP contribution in [0.3, 0.4) is 0 Å². The Hall–Kier alpha value is -1.38. The van der Waals surface area contributed by atoms with Crippen LogP contribution < -0.4 is 0 Å². The number of hydrogen-bond acceptors (Lipinski definition) is 4. The average molecular weight is 239 g/mol. The van der Waals surface area contributed by atoms with Crippen LogP contribution in [0.5, 0.6) is 0 Å². The molecule has 1 rings (SSSR count). The highest BCUT2D eigenvalue weighted by atomic mass is 32.2. The van der Waals surface area contributed by atoms with Gasteiger partial charge in [-0.25, -0.2) is 8.42 Å². The Morgan fingerprint density at radius 1 is 1.38 bits per heavy atom. The van der Waals surface area contributed by atoms with Gasteiger partial charge in [0.25, 0.3) is 0 Å². The topological polar surface area (TPSA) is 78.2 Å². The van der Waals surface area contributed by atoms with Gasteiger partial charge in [0, 0.05) is 0 Å². The molecule has 0 fully saturated rings. The maximum Gasteiger partial charge on any atom is 0.178 e. The second-order valence-corrected chi connectivity index (χ2v) is 5.61. The zero-order valence-electron chi connectivity index (χ0n) is 8.92. The van der Waals surface area contributed by atoms with Crippen molar-refractivity contribution in [2.45, 2.75) is 17.7 Å². The van der Waals surface area contributed by atoms with Gasteiger partial charge in [0.05, 0.1) is 29.2 Å². The smallest absolute Gasteiger partial charge is 0.178 e. The van der Waals surface area contributed by atoms with E-state index in [2.05, 4.69) is 0 Å². The van der Waals surface area contributed by atoms with E-state index in [-0.39, 0.29) is 17.3 Å². The predicted octanol–water partition coefficient (Wildman–Crippen LogP) is 1.08. The van der Waals surface area contributed by atoms with Gasteiger partial charge in [-0.05, 0) is 17.7 Å². The molecule has 0 aromatic heterocycles. The number of hydrogen-bond donors (Lipinski definition) is 1. The zero-order chi connectivity index (χ0) is 12.2. The molecular weight excluding hydrogens is 226 g/mol. The van der Waals surface area contributed by atoms with Crippen LogP contribution in [-0.4, -0.2) is 25.9 Å². The maximum absolute atomic E-state index is 11.5. The number of aliphatic hydroxyl groups is 1. The second kappa shape index (κ2) is 5.10. The highest BCUT2D eigenvalue weighted by molar-refractivity contribution is 7.91. The first kappa shape index (κ1) is 12.7. The zero-order valence-corrected chi connectivity index (χ0v) is 9.74. The Balaban J connectivity index is 3.06. The van der Waals surface area contributed by atoms with Gasteiger partial charge in [-0.3, -0.25) is 0 Å². The van der Waals surface area contributed by atoms with Crippen LogP contribution in [0.1, 0.15) is 18.4 Å². The van der Waals surface area contributed by atoms with E-state index >= 15 is 0 Å². The summed E-state index contributed by atoms with van der Waals surface area (Å²) in [6, 6.07) is 8.00. The largest absolute Gasteiger partial charge is 0.395 e. The summed E-state index contributed by atoms with van der Waals surface area (Å²) in [6.07, 6.45) is 0. The molecule has 4 nitrogen and oxygen atoms in total. The lowest BCUT2D eigenvalue weighted by Crippen LogP contribution is -2.05. The molecule has 0 bridgehead atoms. The van der Waals surface area contributed by atoms with E-state index in [0.29, 0.717) is 5.56 Å². The molecule has 0 aliphatic heterocycles. The summed E-state index contributed by atoms with van der Waals surface area (Å²) >= 11 is 0. The van der Waals surface area contributed by atoms with Gasteiger partial charge < -0.3 is 5.11 Å². The van der Waals surface area contributed by atoms with Crippen molar-refractivity contribution < 1.29 is 13.5 Å². The van der Waals surface area contributed by atoms with Crippen LogP contribution in [0.25, 0.3) is 0 Å². The number of sulfone groups is 1. The van der Waals surface area contributed by atoms with Crippen molar-refractivity contribution in [2.75, 3.05) is 12.4 Å². The van der Waals surface area contributed by atoms with Gasteiger partial charge in [0.2, 0.25) is 0 Å². The molecule has 0 aliphatic rings. The summed E-state index contributed by atoms with van der Waals surface area (Å²) in [5, 5.41) is 17.6. The lowest BCUT2D eigenvalue weighted by Gasteiger charge is -2.07. The van der Waals surface area contributed by atoms with Crippen molar-refractivity contribution in [3.63, 3.8) is 0 Å².